The highest BCUT2D eigenvalue weighted by atomic mass is 35.5. The second kappa shape index (κ2) is 7.75. The van der Waals surface area contributed by atoms with Gasteiger partial charge in [-0.25, -0.2) is 4.39 Å². The van der Waals surface area contributed by atoms with Crippen LogP contribution in [0.2, 0.25) is 5.02 Å². The Labute approximate surface area is 115 Å². The molecular formula is C15H23ClFN. The molecule has 2 atom stereocenters. The van der Waals surface area contributed by atoms with Gasteiger partial charge in [0.15, 0.2) is 0 Å². The summed E-state index contributed by atoms with van der Waals surface area (Å²) in [4.78, 5) is 0. The lowest BCUT2D eigenvalue weighted by atomic mass is 9.94. The molecule has 0 saturated carbocycles. The van der Waals surface area contributed by atoms with Gasteiger partial charge in [0.1, 0.15) is 5.82 Å². The molecule has 3 heteroatoms. The second-order valence-electron chi connectivity index (χ2n) is 5.10. The van der Waals surface area contributed by atoms with E-state index < -0.39 is 0 Å². The molecule has 0 saturated heterocycles. The molecule has 0 amide bonds. The molecule has 2 unspecified atom stereocenters. The molecular weight excluding hydrogens is 249 g/mol. The minimum Gasteiger partial charge on any atom is -0.314 e. The molecule has 0 heterocycles. The van der Waals surface area contributed by atoms with Crippen LogP contribution in [0.15, 0.2) is 18.2 Å². The van der Waals surface area contributed by atoms with Crippen molar-refractivity contribution in [2.45, 2.75) is 46.1 Å². The molecule has 0 spiro atoms. The average molecular weight is 272 g/mol. The summed E-state index contributed by atoms with van der Waals surface area (Å²) in [6.45, 7) is 7.51. The highest BCUT2D eigenvalue weighted by Crippen LogP contribution is 2.23. The Morgan fingerprint density at radius 2 is 2.06 bits per heavy atom. The van der Waals surface area contributed by atoms with E-state index >= 15 is 0 Å². The molecule has 1 nitrogen and oxygen atoms in total. The lowest BCUT2D eigenvalue weighted by Crippen LogP contribution is -2.28. The zero-order chi connectivity index (χ0) is 13.5. The summed E-state index contributed by atoms with van der Waals surface area (Å²) in [7, 11) is 0. The maximum atomic E-state index is 13.7. The fourth-order valence-corrected chi connectivity index (χ4v) is 2.48. The largest absolute Gasteiger partial charge is 0.314 e. The van der Waals surface area contributed by atoms with E-state index in [1.54, 1.807) is 12.1 Å². The van der Waals surface area contributed by atoms with Crippen LogP contribution in [0.1, 0.15) is 39.2 Å². The smallest absolute Gasteiger partial charge is 0.127 e. The summed E-state index contributed by atoms with van der Waals surface area (Å²) < 4.78 is 13.7. The van der Waals surface area contributed by atoms with Crippen molar-refractivity contribution in [3.05, 3.63) is 34.6 Å². The molecule has 1 aromatic carbocycles. The van der Waals surface area contributed by atoms with Crippen LogP contribution in [0.25, 0.3) is 0 Å². The lowest BCUT2D eigenvalue weighted by molar-refractivity contribution is 0.415. The Hall–Kier alpha value is -0.600. The van der Waals surface area contributed by atoms with Gasteiger partial charge in [-0.1, -0.05) is 31.5 Å². The number of benzene rings is 1. The van der Waals surface area contributed by atoms with Crippen LogP contribution in [-0.2, 0) is 6.42 Å². The van der Waals surface area contributed by atoms with Gasteiger partial charge in [-0.2, -0.15) is 0 Å². The van der Waals surface area contributed by atoms with E-state index in [-0.39, 0.29) is 5.82 Å². The lowest BCUT2D eigenvalue weighted by Gasteiger charge is -2.19. The Bertz CT molecular complexity index is 347. The van der Waals surface area contributed by atoms with Crippen LogP contribution in [0, 0.1) is 11.7 Å². The maximum absolute atomic E-state index is 13.7. The third kappa shape index (κ3) is 4.95. The van der Waals surface area contributed by atoms with Crippen molar-refractivity contribution in [2.75, 3.05) is 6.54 Å². The summed E-state index contributed by atoms with van der Waals surface area (Å²) in [5.41, 5.74) is 0.648. The van der Waals surface area contributed by atoms with Gasteiger partial charge in [0.05, 0.1) is 0 Å². The van der Waals surface area contributed by atoms with Crippen LogP contribution in [0.5, 0.6) is 0 Å². The van der Waals surface area contributed by atoms with Crippen LogP contribution in [0.4, 0.5) is 4.39 Å². The van der Waals surface area contributed by atoms with Gasteiger partial charge in [0, 0.05) is 16.6 Å². The normalized spacial score (nSPS) is 14.5. The molecule has 0 aliphatic rings. The molecule has 0 aromatic heterocycles. The standard InChI is InChI=1S/C15H23ClFN/c1-4-8-18-12(3)9-11(2)10-13-14(16)6-5-7-15(13)17/h5-7,11-12,18H,4,8-10H2,1-3H3. The Morgan fingerprint density at radius 1 is 1.33 bits per heavy atom. The van der Waals surface area contributed by atoms with Gasteiger partial charge >= 0.3 is 0 Å². The Kier molecular flexibility index (Phi) is 6.66. The van der Waals surface area contributed by atoms with Gasteiger partial charge in [0.2, 0.25) is 0 Å². The second-order valence-corrected chi connectivity index (χ2v) is 5.51. The predicted octanol–water partition coefficient (Wildman–Crippen LogP) is 4.44. The van der Waals surface area contributed by atoms with E-state index in [0.717, 1.165) is 19.4 Å². The summed E-state index contributed by atoms with van der Waals surface area (Å²) in [6.07, 6.45) is 2.87. The SMILES string of the molecule is CCCNC(C)CC(C)Cc1c(F)cccc1Cl. The molecule has 0 bridgehead atoms. The first kappa shape index (κ1) is 15.5. The number of halogens is 2. The number of rotatable bonds is 7. The first-order chi connectivity index (χ1) is 8.54. The van der Waals surface area contributed by atoms with Crippen molar-refractivity contribution in [2.24, 2.45) is 5.92 Å². The van der Waals surface area contributed by atoms with Gasteiger partial charge in [-0.05, 0) is 50.8 Å². The van der Waals surface area contributed by atoms with Gasteiger partial charge in [0.25, 0.3) is 0 Å². The zero-order valence-corrected chi connectivity index (χ0v) is 12.2. The average Bonchev–Trinajstić information content (AvgIpc) is 2.31. The third-order valence-electron chi connectivity index (χ3n) is 3.11. The van der Waals surface area contributed by atoms with E-state index in [1.165, 1.54) is 6.07 Å². The summed E-state index contributed by atoms with van der Waals surface area (Å²) in [6, 6.07) is 5.35. The van der Waals surface area contributed by atoms with E-state index in [9.17, 15) is 4.39 Å². The number of hydrogen-bond acceptors (Lipinski definition) is 1. The minimum absolute atomic E-state index is 0.191. The van der Waals surface area contributed by atoms with Gasteiger partial charge < -0.3 is 5.32 Å². The topological polar surface area (TPSA) is 12.0 Å². The molecule has 102 valence electrons. The molecule has 0 aliphatic heterocycles. The molecule has 18 heavy (non-hydrogen) atoms. The van der Waals surface area contributed by atoms with Gasteiger partial charge in [-0.15, -0.1) is 0 Å². The van der Waals surface area contributed by atoms with Crippen LogP contribution in [0.3, 0.4) is 0 Å². The molecule has 1 N–H and O–H groups in total. The fraction of sp³-hybridized carbons (Fsp3) is 0.600. The molecule has 0 radical (unpaired) electrons. The molecule has 1 aromatic rings. The number of nitrogens with one attached hydrogen (secondary N) is 1. The first-order valence-corrected chi connectivity index (χ1v) is 7.08. The van der Waals surface area contributed by atoms with Crippen molar-refractivity contribution in [1.82, 2.24) is 5.32 Å². The van der Waals surface area contributed by atoms with Gasteiger partial charge in [-0.3, -0.25) is 0 Å². The minimum atomic E-state index is -0.191. The highest BCUT2D eigenvalue weighted by Gasteiger charge is 2.13. The quantitative estimate of drug-likeness (QED) is 0.773. The van der Waals surface area contributed by atoms with Crippen molar-refractivity contribution in [1.29, 1.82) is 0 Å². The monoisotopic (exact) mass is 271 g/mol. The zero-order valence-electron chi connectivity index (χ0n) is 11.5. The predicted molar refractivity (Wildman–Crippen MR) is 76.7 cm³/mol. The van der Waals surface area contributed by atoms with Crippen molar-refractivity contribution >= 4 is 11.6 Å². The summed E-state index contributed by atoms with van der Waals surface area (Å²) in [5, 5.41) is 3.99. The van der Waals surface area contributed by atoms with Crippen LogP contribution >= 0.6 is 11.6 Å². The van der Waals surface area contributed by atoms with E-state index in [0.29, 0.717) is 29.0 Å². The highest BCUT2D eigenvalue weighted by molar-refractivity contribution is 6.31. The first-order valence-electron chi connectivity index (χ1n) is 6.70. The molecule has 1 rings (SSSR count). The molecule has 0 fully saturated rings. The van der Waals surface area contributed by atoms with E-state index in [1.807, 2.05) is 0 Å². The Balaban J connectivity index is 2.51. The van der Waals surface area contributed by atoms with Crippen molar-refractivity contribution in [3.63, 3.8) is 0 Å². The summed E-state index contributed by atoms with van der Waals surface area (Å²) >= 11 is 6.04. The van der Waals surface area contributed by atoms with E-state index in [2.05, 4.69) is 26.1 Å². The van der Waals surface area contributed by atoms with Crippen LogP contribution < -0.4 is 5.32 Å². The van der Waals surface area contributed by atoms with Crippen molar-refractivity contribution < 1.29 is 4.39 Å². The maximum Gasteiger partial charge on any atom is 0.127 e. The number of hydrogen-bond donors (Lipinski definition) is 1. The summed E-state index contributed by atoms with van der Waals surface area (Å²) in [5.74, 6) is 0.224. The van der Waals surface area contributed by atoms with E-state index in [4.69, 9.17) is 11.6 Å². The van der Waals surface area contributed by atoms with Crippen molar-refractivity contribution in [3.8, 4) is 0 Å². The Morgan fingerprint density at radius 3 is 2.67 bits per heavy atom. The fourth-order valence-electron chi connectivity index (χ4n) is 2.24. The molecule has 0 aliphatic carbocycles. The third-order valence-corrected chi connectivity index (χ3v) is 3.47. The van der Waals surface area contributed by atoms with Crippen LogP contribution in [-0.4, -0.2) is 12.6 Å².